The standard InChI is InChI=1S/C22H26FN3O/c23-21-7-3-1-6-18(21)14-26-11-10-25(16-20(26)9-12-27)15-19-13-17-5-2-4-8-22(17)24-19/h1-8,13,20,24,27H,9-12,14-16H2/t20-/m1/s1. The largest absolute Gasteiger partial charge is 0.396 e. The fraction of sp³-hybridized carbons (Fsp3) is 0.364. The number of aliphatic hydroxyl groups excluding tert-OH is 1. The van der Waals surface area contributed by atoms with Gasteiger partial charge in [-0.05, 0) is 30.0 Å². The van der Waals surface area contributed by atoms with Gasteiger partial charge in [-0.25, -0.2) is 4.39 Å². The molecule has 27 heavy (non-hydrogen) atoms. The van der Waals surface area contributed by atoms with Crippen LogP contribution in [0, 0.1) is 5.82 Å². The van der Waals surface area contributed by atoms with E-state index < -0.39 is 0 Å². The highest BCUT2D eigenvalue weighted by Crippen LogP contribution is 2.21. The Labute approximate surface area is 159 Å². The lowest BCUT2D eigenvalue weighted by atomic mass is 10.1. The summed E-state index contributed by atoms with van der Waals surface area (Å²) in [6.45, 7) is 4.30. The van der Waals surface area contributed by atoms with Crippen LogP contribution in [0.2, 0.25) is 0 Å². The average Bonchev–Trinajstić information content (AvgIpc) is 3.08. The van der Waals surface area contributed by atoms with Gasteiger partial charge >= 0.3 is 0 Å². The van der Waals surface area contributed by atoms with Crippen LogP contribution in [-0.4, -0.2) is 52.2 Å². The second kappa shape index (κ2) is 8.21. The maximum Gasteiger partial charge on any atom is 0.127 e. The highest BCUT2D eigenvalue weighted by Gasteiger charge is 2.27. The Kier molecular flexibility index (Phi) is 5.53. The van der Waals surface area contributed by atoms with E-state index in [0.29, 0.717) is 13.0 Å². The molecule has 0 aliphatic carbocycles. The van der Waals surface area contributed by atoms with Gasteiger partial charge in [-0.15, -0.1) is 0 Å². The van der Waals surface area contributed by atoms with Crippen LogP contribution in [-0.2, 0) is 13.1 Å². The SMILES string of the molecule is OCC[C@@H]1CN(Cc2cc3ccccc3[nH]2)CCN1Cc1ccccc1F. The van der Waals surface area contributed by atoms with Crippen molar-refractivity contribution in [1.29, 1.82) is 0 Å². The molecule has 5 heteroatoms. The van der Waals surface area contributed by atoms with Crippen molar-refractivity contribution in [2.45, 2.75) is 25.6 Å². The molecule has 0 amide bonds. The van der Waals surface area contributed by atoms with Crippen molar-refractivity contribution in [3.63, 3.8) is 0 Å². The molecule has 2 aromatic carbocycles. The number of aromatic nitrogens is 1. The molecule has 1 aliphatic rings. The van der Waals surface area contributed by atoms with Crippen molar-refractivity contribution in [3.05, 3.63) is 71.7 Å². The fourth-order valence-corrected chi connectivity index (χ4v) is 4.04. The third kappa shape index (κ3) is 4.21. The van der Waals surface area contributed by atoms with Crippen LogP contribution < -0.4 is 0 Å². The molecule has 2 heterocycles. The molecule has 142 valence electrons. The van der Waals surface area contributed by atoms with Crippen LogP contribution in [0.4, 0.5) is 4.39 Å². The minimum Gasteiger partial charge on any atom is -0.396 e. The Hall–Kier alpha value is -2.21. The Balaban J connectivity index is 1.43. The Morgan fingerprint density at radius 2 is 1.85 bits per heavy atom. The first-order chi connectivity index (χ1) is 13.2. The predicted octanol–water partition coefficient (Wildman–Crippen LogP) is 3.38. The number of rotatable bonds is 6. The lowest BCUT2D eigenvalue weighted by Crippen LogP contribution is -2.52. The van der Waals surface area contributed by atoms with E-state index in [1.54, 1.807) is 6.07 Å². The summed E-state index contributed by atoms with van der Waals surface area (Å²) in [5.74, 6) is -0.152. The normalized spacial score (nSPS) is 19.0. The number of benzene rings is 2. The van der Waals surface area contributed by atoms with Crippen LogP contribution in [0.15, 0.2) is 54.6 Å². The van der Waals surface area contributed by atoms with Gasteiger partial charge in [0.25, 0.3) is 0 Å². The molecule has 0 unspecified atom stereocenters. The summed E-state index contributed by atoms with van der Waals surface area (Å²) in [6, 6.07) is 17.7. The van der Waals surface area contributed by atoms with E-state index in [0.717, 1.165) is 37.3 Å². The highest BCUT2D eigenvalue weighted by atomic mass is 19.1. The van der Waals surface area contributed by atoms with Crippen LogP contribution in [0.25, 0.3) is 10.9 Å². The van der Waals surface area contributed by atoms with E-state index in [1.165, 1.54) is 17.1 Å². The van der Waals surface area contributed by atoms with E-state index in [2.05, 4.69) is 39.0 Å². The maximum absolute atomic E-state index is 14.0. The molecule has 0 saturated carbocycles. The first-order valence-corrected chi connectivity index (χ1v) is 9.60. The van der Waals surface area contributed by atoms with Gasteiger partial charge in [0.2, 0.25) is 0 Å². The second-order valence-electron chi connectivity index (χ2n) is 7.34. The summed E-state index contributed by atoms with van der Waals surface area (Å²) < 4.78 is 14.0. The van der Waals surface area contributed by atoms with Crippen LogP contribution in [0.1, 0.15) is 17.7 Å². The number of hydrogen-bond donors (Lipinski definition) is 2. The first kappa shape index (κ1) is 18.2. The summed E-state index contributed by atoms with van der Waals surface area (Å²) in [5.41, 5.74) is 3.10. The van der Waals surface area contributed by atoms with E-state index in [-0.39, 0.29) is 18.5 Å². The molecule has 0 bridgehead atoms. The Morgan fingerprint density at radius 3 is 2.67 bits per heavy atom. The zero-order chi connectivity index (χ0) is 18.6. The molecule has 1 fully saturated rings. The van der Waals surface area contributed by atoms with Gasteiger partial charge in [0.15, 0.2) is 0 Å². The molecule has 1 aliphatic heterocycles. The number of nitrogens with zero attached hydrogens (tertiary/aromatic N) is 2. The second-order valence-corrected chi connectivity index (χ2v) is 7.34. The number of fused-ring (bicyclic) bond motifs is 1. The molecule has 4 rings (SSSR count). The van der Waals surface area contributed by atoms with E-state index in [9.17, 15) is 9.50 Å². The van der Waals surface area contributed by atoms with Crippen molar-refractivity contribution in [2.24, 2.45) is 0 Å². The monoisotopic (exact) mass is 367 g/mol. The zero-order valence-electron chi connectivity index (χ0n) is 15.4. The van der Waals surface area contributed by atoms with E-state index >= 15 is 0 Å². The van der Waals surface area contributed by atoms with Crippen molar-refractivity contribution in [3.8, 4) is 0 Å². The number of halogens is 1. The minimum absolute atomic E-state index is 0.151. The van der Waals surface area contributed by atoms with Crippen LogP contribution >= 0.6 is 0 Å². The number of H-pyrrole nitrogens is 1. The van der Waals surface area contributed by atoms with Gasteiger partial charge in [-0.3, -0.25) is 9.80 Å². The molecule has 2 N–H and O–H groups in total. The lowest BCUT2D eigenvalue weighted by Gasteiger charge is -2.41. The molecular weight excluding hydrogens is 341 g/mol. The summed E-state index contributed by atoms with van der Waals surface area (Å²) in [6.07, 6.45) is 0.706. The molecule has 1 atom stereocenters. The van der Waals surface area contributed by atoms with Crippen LogP contribution in [0.3, 0.4) is 0 Å². The topological polar surface area (TPSA) is 42.5 Å². The summed E-state index contributed by atoms with van der Waals surface area (Å²) in [7, 11) is 0. The van der Waals surface area contributed by atoms with E-state index in [4.69, 9.17) is 0 Å². The third-order valence-corrected chi connectivity index (χ3v) is 5.46. The molecule has 1 aromatic heterocycles. The number of aliphatic hydroxyl groups is 1. The number of aromatic amines is 1. The van der Waals surface area contributed by atoms with Gasteiger partial charge in [0, 0.05) is 62.1 Å². The summed E-state index contributed by atoms with van der Waals surface area (Å²) >= 11 is 0. The van der Waals surface area contributed by atoms with Crippen LogP contribution in [0.5, 0.6) is 0 Å². The molecule has 0 spiro atoms. The Morgan fingerprint density at radius 1 is 1.04 bits per heavy atom. The van der Waals surface area contributed by atoms with Gasteiger partial charge in [0.05, 0.1) is 0 Å². The summed E-state index contributed by atoms with van der Waals surface area (Å²) in [4.78, 5) is 8.22. The third-order valence-electron chi connectivity index (χ3n) is 5.46. The highest BCUT2D eigenvalue weighted by molar-refractivity contribution is 5.80. The molecule has 4 nitrogen and oxygen atoms in total. The lowest BCUT2D eigenvalue weighted by molar-refractivity contribution is 0.0488. The first-order valence-electron chi connectivity index (χ1n) is 9.60. The molecular formula is C22H26FN3O. The maximum atomic E-state index is 14.0. The van der Waals surface area contributed by atoms with E-state index in [1.807, 2.05) is 18.2 Å². The molecule has 3 aromatic rings. The minimum atomic E-state index is -0.152. The van der Waals surface area contributed by atoms with Gasteiger partial charge < -0.3 is 10.1 Å². The van der Waals surface area contributed by atoms with Gasteiger partial charge in [0.1, 0.15) is 5.82 Å². The van der Waals surface area contributed by atoms with Gasteiger partial charge in [-0.1, -0.05) is 36.4 Å². The predicted molar refractivity (Wildman–Crippen MR) is 106 cm³/mol. The fourth-order valence-electron chi connectivity index (χ4n) is 4.04. The average molecular weight is 367 g/mol. The van der Waals surface area contributed by atoms with Crippen molar-refractivity contribution in [1.82, 2.24) is 14.8 Å². The van der Waals surface area contributed by atoms with Crippen molar-refractivity contribution < 1.29 is 9.50 Å². The van der Waals surface area contributed by atoms with Gasteiger partial charge in [-0.2, -0.15) is 0 Å². The number of piperazine rings is 1. The quantitative estimate of drug-likeness (QED) is 0.702. The summed E-state index contributed by atoms with van der Waals surface area (Å²) in [5, 5.41) is 10.7. The zero-order valence-corrected chi connectivity index (χ0v) is 15.4. The molecule has 1 saturated heterocycles. The van der Waals surface area contributed by atoms with Crippen molar-refractivity contribution in [2.75, 3.05) is 26.2 Å². The number of nitrogens with one attached hydrogen (secondary N) is 1. The Bertz CT molecular complexity index is 861. The number of para-hydroxylation sites is 1. The smallest absolute Gasteiger partial charge is 0.127 e. The molecule has 0 radical (unpaired) electrons. The number of hydrogen-bond acceptors (Lipinski definition) is 3. The van der Waals surface area contributed by atoms with Crippen molar-refractivity contribution >= 4 is 10.9 Å².